The van der Waals surface area contributed by atoms with E-state index in [9.17, 15) is 9.59 Å². The Morgan fingerprint density at radius 3 is 2.59 bits per heavy atom. The van der Waals surface area contributed by atoms with E-state index < -0.39 is 0 Å². The molecule has 22 heavy (non-hydrogen) atoms. The third-order valence-corrected chi connectivity index (χ3v) is 5.13. The first kappa shape index (κ1) is 17.1. The normalized spacial score (nSPS) is 15.7. The number of hydrogen-bond acceptors (Lipinski definition) is 3. The molecule has 8 heteroatoms. The van der Waals surface area contributed by atoms with Crippen molar-refractivity contribution < 1.29 is 14.3 Å². The Morgan fingerprint density at radius 1 is 1.45 bits per heavy atom. The molecule has 2 heterocycles. The second-order valence-corrected chi connectivity index (χ2v) is 6.36. The number of carbonyl (C=O) groups is 2. The van der Waals surface area contributed by atoms with E-state index in [1.54, 1.807) is 11.8 Å². The lowest BCUT2D eigenvalue weighted by Crippen LogP contribution is -2.46. The lowest BCUT2D eigenvalue weighted by molar-refractivity contribution is 0.0856. The van der Waals surface area contributed by atoms with Crippen molar-refractivity contribution in [2.45, 2.75) is 32.7 Å². The Bertz CT molecular complexity index is 568. The van der Waals surface area contributed by atoms with E-state index in [1.165, 1.54) is 0 Å². The largest absolute Gasteiger partial charge is 0.450 e. The molecule has 6 nitrogen and oxygen atoms in total. The number of halogens is 2. The molecule has 0 spiro atoms. The van der Waals surface area contributed by atoms with E-state index in [2.05, 4.69) is 26.2 Å². The van der Waals surface area contributed by atoms with Gasteiger partial charge in [0.15, 0.2) is 0 Å². The molecule has 2 N–H and O–H groups in total. The minimum atomic E-state index is -0.290. The standard InChI is InChI=1S/C14H19BrClN3O3/c1-3-22-14(21)19-6-4-9(5-7-19)18-13(20)12-10(15)11(16)8(2)17-12/h9,17H,3-7H2,1-2H3,(H,18,20). The molecule has 0 aliphatic carbocycles. The molecule has 0 radical (unpaired) electrons. The summed E-state index contributed by atoms with van der Waals surface area (Å²) in [6.45, 7) is 5.12. The number of likely N-dealkylation sites (tertiary alicyclic amines) is 1. The van der Waals surface area contributed by atoms with Crippen molar-refractivity contribution in [2.75, 3.05) is 19.7 Å². The van der Waals surface area contributed by atoms with Crippen molar-refractivity contribution >= 4 is 39.5 Å². The van der Waals surface area contributed by atoms with E-state index in [0.717, 1.165) is 5.69 Å². The molecular formula is C14H19BrClN3O3. The van der Waals surface area contributed by atoms with Gasteiger partial charge < -0.3 is 19.9 Å². The van der Waals surface area contributed by atoms with Crippen LogP contribution in [0.4, 0.5) is 4.79 Å². The number of ether oxygens (including phenoxy) is 1. The van der Waals surface area contributed by atoms with Crippen molar-refractivity contribution in [3.63, 3.8) is 0 Å². The number of carbonyl (C=O) groups excluding carboxylic acids is 2. The maximum atomic E-state index is 12.3. The number of piperidine rings is 1. The molecular weight excluding hydrogens is 374 g/mol. The van der Waals surface area contributed by atoms with Crippen LogP contribution >= 0.6 is 27.5 Å². The van der Waals surface area contributed by atoms with Gasteiger partial charge in [-0.05, 0) is 42.6 Å². The lowest BCUT2D eigenvalue weighted by atomic mass is 10.1. The molecule has 1 aromatic rings. The zero-order valence-corrected chi connectivity index (χ0v) is 14.9. The van der Waals surface area contributed by atoms with Gasteiger partial charge in [0.25, 0.3) is 5.91 Å². The fraction of sp³-hybridized carbons (Fsp3) is 0.571. The summed E-state index contributed by atoms with van der Waals surface area (Å²) in [4.78, 5) is 28.5. The molecule has 0 unspecified atom stereocenters. The second-order valence-electron chi connectivity index (χ2n) is 5.19. The van der Waals surface area contributed by atoms with Crippen LogP contribution in [0.15, 0.2) is 4.47 Å². The number of nitrogens with zero attached hydrogens (tertiary/aromatic N) is 1. The van der Waals surface area contributed by atoms with Crippen LogP contribution in [-0.4, -0.2) is 47.6 Å². The Morgan fingerprint density at radius 2 is 2.09 bits per heavy atom. The summed E-state index contributed by atoms with van der Waals surface area (Å²) in [7, 11) is 0. The van der Waals surface area contributed by atoms with Gasteiger partial charge in [0.2, 0.25) is 0 Å². The maximum absolute atomic E-state index is 12.3. The molecule has 0 saturated carbocycles. The number of H-pyrrole nitrogens is 1. The highest BCUT2D eigenvalue weighted by molar-refractivity contribution is 9.10. The molecule has 0 aromatic carbocycles. The van der Waals surface area contributed by atoms with Crippen LogP contribution in [0.3, 0.4) is 0 Å². The summed E-state index contributed by atoms with van der Waals surface area (Å²) in [5, 5.41) is 3.49. The Hall–Kier alpha value is -1.21. The van der Waals surface area contributed by atoms with Crippen LogP contribution < -0.4 is 5.32 Å². The Kier molecular flexibility index (Phi) is 5.74. The van der Waals surface area contributed by atoms with E-state index in [0.29, 0.717) is 47.7 Å². The number of rotatable bonds is 3. The van der Waals surface area contributed by atoms with Gasteiger partial charge in [0, 0.05) is 24.8 Å². The van der Waals surface area contributed by atoms with Gasteiger partial charge in [-0.15, -0.1) is 0 Å². The van der Waals surface area contributed by atoms with Crippen LogP contribution in [0.1, 0.15) is 35.9 Å². The van der Waals surface area contributed by atoms with E-state index in [1.807, 2.05) is 6.92 Å². The number of aromatic nitrogens is 1. The zero-order chi connectivity index (χ0) is 16.3. The lowest BCUT2D eigenvalue weighted by Gasteiger charge is -2.31. The molecule has 0 bridgehead atoms. The van der Waals surface area contributed by atoms with Crippen LogP contribution in [0, 0.1) is 6.92 Å². The number of aromatic amines is 1. The number of nitrogens with one attached hydrogen (secondary N) is 2. The summed E-state index contributed by atoms with van der Waals surface area (Å²) in [6.07, 6.45) is 1.12. The van der Waals surface area contributed by atoms with E-state index >= 15 is 0 Å². The molecule has 2 rings (SSSR count). The summed E-state index contributed by atoms with van der Waals surface area (Å²) in [6, 6.07) is 0.0347. The predicted molar refractivity (Wildman–Crippen MR) is 87.3 cm³/mol. The fourth-order valence-electron chi connectivity index (χ4n) is 2.41. The average Bonchev–Trinajstić information content (AvgIpc) is 2.76. The van der Waals surface area contributed by atoms with Crippen LogP contribution in [-0.2, 0) is 4.74 Å². The molecule has 0 atom stereocenters. The Balaban J connectivity index is 1.89. The first-order valence-corrected chi connectivity index (χ1v) is 8.37. The maximum Gasteiger partial charge on any atom is 0.409 e. The smallest absolute Gasteiger partial charge is 0.409 e. The van der Waals surface area contributed by atoms with Gasteiger partial charge >= 0.3 is 6.09 Å². The molecule has 2 amide bonds. The van der Waals surface area contributed by atoms with Crippen LogP contribution in [0.5, 0.6) is 0 Å². The molecule has 1 aromatic heterocycles. The van der Waals surface area contributed by atoms with E-state index in [4.69, 9.17) is 16.3 Å². The number of aryl methyl sites for hydroxylation is 1. The van der Waals surface area contributed by atoms with Gasteiger partial charge in [-0.3, -0.25) is 4.79 Å². The first-order valence-electron chi connectivity index (χ1n) is 7.20. The summed E-state index contributed by atoms with van der Waals surface area (Å²) in [5.41, 5.74) is 1.17. The monoisotopic (exact) mass is 391 g/mol. The molecule has 1 aliphatic heterocycles. The highest BCUT2D eigenvalue weighted by Gasteiger charge is 2.26. The third kappa shape index (κ3) is 3.76. The molecule has 1 fully saturated rings. The fourth-order valence-corrected chi connectivity index (χ4v) is 3.13. The van der Waals surface area contributed by atoms with Gasteiger partial charge in [0.05, 0.1) is 16.1 Å². The van der Waals surface area contributed by atoms with Crippen molar-refractivity contribution in [1.29, 1.82) is 0 Å². The zero-order valence-electron chi connectivity index (χ0n) is 12.5. The van der Waals surface area contributed by atoms with Crippen molar-refractivity contribution in [2.24, 2.45) is 0 Å². The number of hydrogen-bond donors (Lipinski definition) is 2. The van der Waals surface area contributed by atoms with Crippen molar-refractivity contribution in [3.8, 4) is 0 Å². The molecule has 1 saturated heterocycles. The topological polar surface area (TPSA) is 74.4 Å². The second kappa shape index (κ2) is 7.37. The van der Waals surface area contributed by atoms with Gasteiger partial charge in [-0.25, -0.2) is 4.79 Å². The van der Waals surface area contributed by atoms with Crippen LogP contribution in [0.25, 0.3) is 0 Å². The highest BCUT2D eigenvalue weighted by atomic mass is 79.9. The average molecular weight is 393 g/mol. The SMILES string of the molecule is CCOC(=O)N1CCC(NC(=O)c2[nH]c(C)c(Cl)c2Br)CC1. The molecule has 1 aliphatic rings. The van der Waals surface area contributed by atoms with Crippen molar-refractivity contribution in [1.82, 2.24) is 15.2 Å². The summed E-state index contributed by atoms with van der Waals surface area (Å²) < 4.78 is 5.55. The van der Waals surface area contributed by atoms with Gasteiger partial charge in [-0.1, -0.05) is 11.6 Å². The van der Waals surface area contributed by atoms with Gasteiger partial charge in [-0.2, -0.15) is 0 Å². The van der Waals surface area contributed by atoms with Crippen LogP contribution in [0.2, 0.25) is 5.02 Å². The highest BCUT2D eigenvalue weighted by Crippen LogP contribution is 2.29. The summed E-state index contributed by atoms with van der Waals surface area (Å²) in [5.74, 6) is -0.198. The van der Waals surface area contributed by atoms with Gasteiger partial charge in [0.1, 0.15) is 5.69 Å². The van der Waals surface area contributed by atoms with Crippen molar-refractivity contribution in [3.05, 3.63) is 20.9 Å². The van der Waals surface area contributed by atoms with E-state index in [-0.39, 0.29) is 18.0 Å². The Labute approximate surface area is 142 Å². The summed E-state index contributed by atoms with van der Waals surface area (Å²) >= 11 is 9.37. The minimum Gasteiger partial charge on any atom is -0.450 e. The predicted octanol–water partition coefficient (Wildman–Crippen LogP) is 3.09. The quantitative estimate of drug-likeness (QED) is 0.830. The third-order valence-electron chi connectivity index (χ3n) is 3.64. The molecule has 122 valence electrons. The number of amides is 2. The minimum absolute atomic E-state index is 0.0347. The first-order chi connectivity index (χ1) is 10.4.